The van der Waals surface area contributed by atoms with Gasteiger partial charge in [-0.25, -0.2) is 4.98 Å². The van der Waals surface area contributed by atoms with Crippen molar-refractivity contribution in [2.45, 2.75) is 44.4 Å². The van der Waals surface area contributed by atoms with Gasteiger partial charge >= 0.3 is 0 Å². The fourth-order valence-electron chi connectivity index (χ4n) is 3.53. The van der Waals surface area contributed by atoms with E-state index in [0.29, 0.717) is 6.54 Å². The molecule has 4 rings (SSSR count). The molecule has 1 amide bonds. The molecule has 2 aromatic heterocycles. The van der Waals surface area contributed by atoms with E-state index in [2.05, 4.69) is 15.3 Å². The summed E-state index contributed by atoms with van der Waals surface area (Å²) in [5.74, 6) is 0.344. The van der Waals surface area contributed by atoms with Crippen LogP contribution in [-0.4, -0.2) is 31.7 Å². The zero-order valence-corrected chi connectivity index (χ0v) is 13.5. The molecule has 0 bridgehead atoms. The molecule has 2 aliphatic carbocycles. The van der Waals surface area contributed by atoms with Crippen LogP contribution >= 0.6 is 0 Å². The van der Waals surface area contributed by atoms with Gasteiger partial charge in [0.15, 0.2) is 0 Å². The lowest BCUT2D eigenvalue weighted by atomic mass is 9.76. The molecule has 1 atom stereocenters. The number of hydrogen-bond donors (Lipinski definition) is 2. The topological polar surface area (TPSA) is 80.0 Å². The van der Waals surface area contributed by atoms with Crippen molar-refractivity contribution in [1.29, 1.82) is 0 Å². The molecule has 2 saturated carbocycles. The van der Waals surface area contributed by atoms with Gasteiger partial charge in [-0.1, -0.05) is 6.07 Å². The van der Waals surface area contributed by atoms with E-state index in [9.17, 15) is 9.90 Å². The Labute approximate surface area is 140 Å². The van der Waals surface area contributed by atoms with Crippen molar-refractivity contribution in [2.24, 2.45) is 11.3 Å². The van der Waals surface area contributed by atoms with E-state index in [-0.39, 0.29) is 29.4 Å². The summed E-state index contributed by atoms with van der Waals surface area (Å²) >= 11 is 0. The van der Waals surface area contributed by atoms with Gasteiger partial charge in [-0.05, 0) is 43.7 Å². The highest BCUT2D eigenvalue weighted by molar-refractivity contribution is 5.85. The minimum Gasteiger partial charge on any atom is -0.393 e. The van der Waals surface area contributed by atoms with Crippen LogP contribution in [0.1, 0.15) is 37.4 Å². The number of rotatable bonds is 6. The molecule has 2 N–H and O–H groups in total. The lowest BCUT2D eigenvalue weighted by Gasteiger charge is -2.38. The Hall–Kier alpha value is -2.21. The smallest absolute Gasteiger partial charge is 0.228 e. The SMILES string of the molecule is O=C(N[C@H](c1ccccn1)C1CC(O)C1)C1(Cn2ccnc2)CC1. The quantitative estimate of drug-likeness (QED) is 0.846. The molecule has 0 saturated heterocycles. The largest absolute Gasteiger partial charge is 0.393 e. The summed E-state index contributed by atoms with van der Waals surface area (Å²) in [6.45, 7) is 0.668. The van der Waals surface area contributed by atoms with Crippen molar-refractivity contribution in [3.8, 4) is 0 Å². The summed E-state index contributed by atoms with van der Waals surface area (Å²) in [6.07, 6.45) is 10.1. The van der Waals surface area contributed by atoms with E-state index in [4.69, 9.17) is 0 Å². The molecule has 6 heteroatoms. The molecular formula is C18H22N4O2. The number of aliphatic hydroxyl groups is 1. The second-order valence-corrected chi connectivity index (χ2v) is 7.11. The van der Waals surface area contributed by atoms with E-state index in [1.54, 1.807) is 18.7 Å². The molecule has 2 aromatic rings. The maximum Gasteiger partial charge on any atom is 0.228 e. The summed E-state index contributed by atoms with van der Waals surface area (Å²) < 4.78 is 1.97. The first-order chi connectivity index (χ1) is 11.7. The van der Waals surface area contributed by atoms with Gasteiger partial charge < -0.3 is 15.0 Å². The standard InChI is InChI=1S/C18H22N4O2/c23-14-9-13(10-14)16(15-3-1-2-6-20-15)21-17(24)18(4-5-18)11-22-8-7-19-12-22/h1-3,6-8,12-14,16,23H,4-5,9-11H2,(H,21,24)/t13?,14?,16-/m0/s1. The Bertz CT molecular complexity index is 691. The van der Waals surface area contributed by atoms with E-state index < -0.39 is 0 Å². The molecule has 0 radical (unpaired) electrons. The molecular weight excluding hydrogens is 304 g/mol. The third-order valence-electron chi connectivity index (χ3n) is 5.29. The number of nitrogens with zero attached hydrogens (tertiary/aromatic N) is 3. The third-order valence-corrected chi connectivity index (χ3v) is 5.29. The molecule has 2 heterocycles. The highest BCUT2D eigenvalue weighted by atomic mass is 16.3. The van der Waals surface area contributed by atoms with Gasteiger partial charge in [0.1, 0.15) is 0 Å². The molecule has 2 aliphatic rings. The van der Waals surface area contributed by atoms with Gasteiger partial charge in [-0.3, -0.25) is 9.78 Å². The summed E-state index contributed by atoms with van der Waals surface area (Å²) in [5, 5.41) is 12.9. The predicted octanol–water partition coefficient (Wildman–Crippen LogP) is 1.69. The normalized spacial score (nSPS) is 25.5. The number of nitrogens with one attached hydrogen (secondary N) is 1. The molecule has 0 spiro atoms. The van der Waals surface area contributed by atoms with Crippen molar-refractivity contribution in [2.75, 3.05) is 0 Å². The average Bonchev–Trinajstić information content (AvgIpc) is 3.17. The number of amides is 1. The number of hydrogen-bond acceptors (Lipinski definition) is 4. The van der Waals surface area contributed by atoms with E-state index >= 15 is 0 Å². The first kappa shape index (κ1) is 15.3. The van der Waals surface area contributed by atoms with Crippen molar-refractivity contribution < 1.29 is 9.90 Å². The van der Waals surface area contributed by atoms with E-state index in [0.717, 1.165) is 31.4 Å². The minimum absolute atomic E-state index is 0.0910. The summed E-state index contributed by atoms with van der Waals surface area (Å²) in [6, 6.07) is 5.64. The van der Waals surface area contributed by atoms with Crippen molar-refractivity contribution >= 4 is 5.91 Å². The van der Waals surface area contributed by atoms with Crippen molar-refractivity contribution in [3.63, 3.8) is 0 Å². The van der Waals surface area contributed by atoms with Crippen LogP contribution in [-0.2, 0) is 11.3 Å². The molecule has 0 aliphatic heterocycles. The minimum atomic E-state index is -0.323. The van der Waals surface area contributed by atoms with Crippen molar-refractivity contribution in [1.82, 2.24) is 19.9 Å². The Morgan fingerprint density at radius 2 is 2.21 bits per heavy atom. The Balaban J connectivity index is 1.49. The predicted molar refractivity (Wildman–Crippen MR) is 87.7 cm³/mol. The Morgan fingerprint density at radius 1 is 1.38 bits per heavy atom. The first-order valence-electron chi connectivity index (χ1n) is 8.52. The van der Waals surface area contributed by atoms with Gasteiger partial charge in [0.2, 0.25) is 5.91 Å². The zero-order chi connectivity index (χ0) is 16.6. The van der Waals surface area contributed by atoms with Crippen LogP contribution in [0.3, 0.4) is 0 Å². The fraction of sp³-hybridized carbons (Fsp3) is 0.500. The van der Waals surface area contributed by atoms with Crippen molar-refractivity contribution in [3.05, 3.63) is 48.8 Å². The molecule has 24 heavy (non-hydrogen) atoms. The highest BCUT2D eigenvalue weighted by Gasteiger charge is 2.51. The molecule has 0 unspecified atom stereocenters. The summed E-state index contributed by atoms with van der Waals surface area (Å²) in [5.41, 5.74) is 0.553. The summed E-state index contributed by atoms with van der Waals surface area (Å²) in [4.78, 5) is 21.4. The molecule has 2 fully saturated rings. The second-order valence-electron chi connectivity index (χ2n) is 7.11. The third kappa shape index (κ3) is 2.94. The Kier molecular flexibility index (Phi) is 3.84. The molecule has 6 nitrogen and oxygen atoms in total. The van der Waals surface area contributed by atoms with Crippen LogP contribution in [0, 0.1) is 11.3 Å². The fourth-order valence-corrected chi connectivity index (χ4v) is 3.53. The van der Waals surface area contributed by atoms with Crippen LogP contribution in [0.25, 0.3) is 0 Å². The van der Waals surface area contributed by atoms with Gasteiger partial charge in [0, 0.05) is 25.1 Å². The van der Waals surface area contributed by atoms with Gasteiger partial charge in [-0.15, -0.1) is 0 Å². The van der Waals surface area contributed by atoms with E-state index in [1.807, 2.05) is 29.0 Å². The van der Waals surface area contributed by atoms with E-state index in [1.165, 1.54) is 0 Å². The van der Waals surface area contributed by atoms with Gasteiger partial charge in [-0.2, -0.15) is 0 Å². The van der Waals surface area contributed by atoms with Gasteiger partial charge in [0.25, 0.3) is 0 Å². The van der Waals surface area contributed by atoms with Crippen LogP contribution in [0.2, 0.25) is 0 Å². The highest BCUT2D eigenvalue weighted by Crippen LogP contribution is 2.48. The monoisotopic (exact) mass is 326 g/mol. The van der Waals surface area contributed by atoms with Gasteiger partial charge in [0.05, 0.1) is 29.6 Å². The zero-order valence-electron chi connectivity index (χ0n) is 13.5. The van der Waals surface area contributed by atoms with Crippen LogP contribution < -0.4 is 5.32 Å². The first-order valence-corrected chi connectivity index (χ1v) is 8.52. The summed E-state index contributed by atoms with van der Waals surface area (Å²) in [7, 11) is 0. The number of aliphatic hydroxyl groups excluding tert-OH is 1. The molecule has 0 aromatic carbocycles. The number of imidazole rings is 1. The lowest BCUT2D eigenvalue weighted by Crippen LogP contribution is -2.44. The average molecular weight is 326 g/mol. The molecule has 126 valence electrons. The number of aromatic nitrogens is 3. The Morgan fingerprint density at radius 3 is 2.79 bits per heavy atom. The van der Waals surface area contributed by atoms with Crippen LogP contribution in [0.15, 0.2) is 43.1 Å². The second kappa shape index (κ2) is 6.02. The number of carbonyl (C=O) groups excluding carboxylic acids is 1. The van der Waals surface area contributed by atoms with Crippen LogP contribution in [0.4, 0.5) is 0 Å². The number of pyridine rings is 1. The number of carbonyl (C=O) groups is 1. The maximum absolute atomic E-state index is 12.9. The lowest BCUT2D eigenvalue weighted by molar-refractivity contribution is -0.128. The van der Waals surface area contributed by atoms with Crippen LogP contribution in [0.5, 0.6) is 0 Å². The maximum atomic E-state index is 12.9.